The van der Waals surface area contributed by atoms with Gasteiger partial charge in [-0.3, -0.25) is 4.79 Å². The molecule has 0 spiro atoms. The lowest BCUT2D eigenvalue weighted by molar-refractivity contribution is -0.142. The van der Waals surface area contributed by atoms with Crippen LogP contribution in [0.3, 0.4) is 0 Å². The summed E-state index contributed by atoms with van der Waals surface area (Å²) in [7, 11) is 1.19. The number of hydrogen-bond acceptors (Lipinski definition) is 3. The van der Waals surface area contributed by atoms with Crippen LogP contribution in [0.2, 0.25) is 0 Å². The number of nitrogens with zero attached hydrogens (tertiary/aromatic N) is 1. The molecule has 0 fully saturated rings. The number of pyridine rings is 1. The standard InChI is InChI=1S/C9H8F3NO3/c1-16-6-2-5(3-8(14)15)13-7(4-6)9(10,11)12/h2,4H,3H2,1H3,(H,14,15). The van der Waals surface area contributed by atoms with Gasteiger partial charge >= 0.3 is 12.1 Å². The lowest BCUT2D eigenvalue weighted by atomic mass is 10.2. The average molecular weight is 235 g/mol. The van der Waals surface area contributed by atoms with Crippen molar-refractivity contribution in [2.75, 3.05) is 7.11 Å². The molecule has 0 amide bonds. The molecule has 16 heavy (non-hydrogen) atoms. The third-order valence-electron chi connectivity index (χ3n) is 1.71. The van der Waals surface area contributed by atoms with Crippen LogP contribution in [-0.4, -0.2) is 23.2 Å². The SMILES string of the molecule is COc1cc(CC(=O)O)nc(C(F)(F)F)c1. The molecule has 4 nitrogen and oxygen atoms in total. The molecule has 0 aliphatic rings. The molecular formula is C9H8F3NO3. The van der Waals surface area contributed by atoms with Gasteiger partial charge in [0.25, 0.3) is 0 Å². The fraction of sp³-hybridized carbons (Fsp3) is 0.333. The molecule has 0 aliphatic carbocycles. The molecule has 7 heteroatoms. The number of halogens is 3. The van der Waals surface area contributed by atoms with E-state index in [1.807, 2.05) is 0 Å². The van der Waals surface area contributed by atoms with Crippen LogP contribution in [0.1, 0.15) is 11.4 Å². The molecule has 1 heterocycles. The van der Waals surface area contributed by atoms with E-state index in [0.29, 0.717) is 6.07 Å². The zero-order valence-corrected chi connectivity index (χ0v) is 8.21. The number of carboxylic acid groups (broad SMARTS) is 1. The van der Waals surface area contributed by atoms with Gasteiger partial charge < -0.3 is 9.84 Å². The third kappa shape index (κ3) is 3.11. The highest BCUT2D eigenvalue weighted by molar-refractivity contribution is 5.69. The van der Waals surface area contributed by atoms with Crippen LogP contribution in [0.4, 0.5) is 13.2 Å². The smallest absolute Gasteiger partial charge is 0.433 e. The second kappa shape index (κ2) is 4.38. The first-order chi connectivity index (χ1) is 7.32. The van der Waals surface area contributed by atoms with Crippen molar-refractivity contribution in [2.24, 2.45) is 0 Å². The third-order valence-corrected chi connectivity index (χ3v) is 1.71. The fourth-order valence-electron chi connectivity index (χ4n) is 1.07. The molecule has 0 aliphatic heterocycles. The zero-order valence-electron chi connectivity index (χ0n) is 8.21. The first-order valence-electron chi connectivity index (χ1n) is 4.17. The maximum atomic E-state index is 12.4. The van der Waals surface area contributed by atoms with E-state index in [1.54, 1.807) is 0 Å². The largest absolute Gasteiger partial charge is 0.497 e. The van der Waals surface area contributed by atoms with Gasteiger partial charge in [0.2, 0.25) is 0 Å². The second-order valence-electron chi connectivity index (χ2n) is 2.95. The number of hydrogen-bond donors (Lipinski definition) is 1. The number of aromatic nitrogens is 1. The summed E-state index contributed by atoms with van der Waals surface area (Å²) in [5.41, 5.74) is -1.36. The van der Waals surface area contributed by atoms with E-state index >= 15 is 0 Å². The van der Waals surface area contributed by atoms with Crippen LogP contribution in [0, 0.1) is 0 Å². The molecule has 0 radical (unpaired) electrons. The molecule has 1 N–H and O–H groups in total. The van der Waals surface area contributed by atoms with Crippen LogP contribution in [-0.2, 0) is 17.4 Å². The van der Waals surface area contributed by atoms with Crippen LogP contribution in [0.15, 0.2) is 12.1 Å². The predicted octanol–water partition coefficient (Wildman–Crippen LogP) is 1.74. The lowest BCUT2D eigenvalue weighted by Crippen LogP contribution is -2.12. The molecule has 0 unspecified atom stereocenters. The zero-order chi connectivity index (χ0) is 12.3. The minimum absolute atomic E-state index is 0.0708. The van der Waals surface area contributed by atoms with Crippen LogP contribution < -0.4 is 4.74 Å². The van der Waals surface area contributed by atoms with Gasteiger partial charge in [0, 0.05) is 12.1 Å². The Hall–Kier alpha value is -1.79. The Morgan fingerprint density at radius 2 is 2.12 bits per heavy atom. The molecule has 0 bridgehead atoms. The number of methoxy groups -OCH3 is 1. The van der Waals surface area contributed by atoms with Gasteiger partial charge in [0.15, 0.2) is 0 Å². The van der Waals surface area contributed by atoms with Gasteiger partial charge in [-0.05, 0) is 0 Å². The Balaban J connectivity index is 3.16. The summed E-state index contributed by atoms with van der Waals surface area (Å²) in [5, 5.41) is 8.46. The van der Waals surface area contributed by atoms with E-state index in [9.17, 15) is 18.0 Å². The first-order valence-corrected chi connectivity index (χ1v) is 4.17. The maximum absolute atomic E-state index is 12.4. The van der Waals surface area contributed by atoms with Gasteiger partial charge in [0.05, 0.1) is 19.2 Å². The molecular weight excluding hydrogens is 227 g/mol. The summed E-state index contributed by atoms with van der Waals surface area (Å²) in [6.07, 6.45) is -5.21. The monoisotopic (exact) mass is 235 g/mol. The Labute approximate surface area is 88.7 Å². The summed E-state index contributed by atoms with van der Waals surface area (Å²) in [5.74, 6) is -1.33. The quantitative estimate of drug-likeness (QED) is 0.866. The lowest BCUT2D eigenvalue weighted by Gasteiger charge is -2.09. The normalized spacial score (nSPS) is 11.2. The van der Waals surface area contributed by atoms with E-state index in [4.69, 9.17) is 5.11 Å². The van der Waals surface area contributed by atoms with Crippen molar-refractivity contribution in [2.45, 2.75) is 12.6 Å². The summed E-state index contributed by atoms with van der Waals surface area (Å²) in [6.45, 7) is 0. The van der Waals surface area contributed by atoms with Gasteiger partial charge in [-0.15, -0.1) is 0 Å². The van der Waals surface area contributed by atoms with E-state index in [2.05, 4.69) is 9.72 Å². The molecule has 0 aromatic carbocycles. The van der Waals surface area contributed by atoms with Gasteiger partial charge in [-0.2, -0.15) is 13.2 Å². The van der Waals surface area contributed by atoms with Gasteiger partial charge in [-0.25, -0.2) is 4.98 Å². The Bertz CT molecular complexity index is 403. The van der Waals surface area contributed by atoms with Crippen LogP contribution >= 0.6 is 0 Å². The van der Waals surface area contributed by atoms with Crippen molar-refractivity contribution >= 4 is 5.97 Å². The van der Waals surface area contributed by atoms with Gasteiger partial charge in [0.1, 0.15) is 11.4 Å². The predicted molar refractivity (Wildman–Crippen MR) is 47.1 cm³/mol. The molecule has 88 valence electrons. The Kier molecular flexibility index (Phi) is 3.36. The topological polar surface area (TPSA) is 59.4 Å². The number of ether oxygens (including phenoxy) is 1. The van der Waals surface area contributed by atoms with Crippen molar-refractivity contribution < 1.29 is 27.8 Å². The summed E-state index contributed by atoms with van der Waals surface area (Å²) in [6, 6.07) is 1.87. The minimum Gasteiger partial charge on any atom is -0.497 e. The summed E-state index contributed by atoms with van der Waals surface area (Å²) >= 11 is 0. The van der Waals surface area contributed by atoms with Crippen molar-refractivity contribution in [3.63, 3.8) is 0 Å². The molecule has 0 saturated heterocycles. The minimum atomic E-state index is -4.62. The highest BCUT2D eigenvalue weighted by Gasteiger charge is 2.33. The molecule has 1 aromatic heterocycles. The number of aliphatic carboxylic acids is 1. The molecule has 0 atom stereocenters. The molecule has 1 aromatic rings. The van der Waals surface area contributed by atoms with Crippen LogP contribution in [0.25, 0.3) is 0 Å². The van der Waals surface area contributed by atoms with Crippen molar-refractivity contribution in [1.82, 2.24) is 4.98 Å². The fourth-order valence-corrected chi connectivity index (χ4v) is 1.07. The van der Waals surface area contributed by atoms with Crippen molar-refractivity contribution in [3.05, 3.63) is 23.5 Å². The maximum Gasteiger partial charge on any atom is 0.433 e. The van der Waals surface area contributed by atoms with Crippen LogP contribution in [0.5, 0.6) is 5.75 Å². The number of rotatable bonds is 3. The Morgan fingerprint density at radius 1 is 1.50 bits per heavy atom. The van der Waals surface area contributed by atoms with E-state index < -0.39 is 24.3 Å². The first kappa shape index (κ1) is 12.3. The summed E-state index contributed by atoms with van der Waals surface area (Å²) < 4.78 is 41.7. The highest BCUT2D eigenvalue weighted by atomic mass is 19.4. The Morgan fingerprint density at radius 3 is 2.56 bits per heavy atom. The number of carbonyl (C=O) groups is 1. The van der Waals surface area contributed by atoms with E-state index in [0.717, 1.165) is 6.07 Å². The second-order valence-corrected chi connectivity index (χ2v) is 2.95. The van der Waals surface area contributed by atoms with Crippen molar-refractivity contribution in [1.29, 1.82) is 0 Å². The molecule has 1 rings (SSSR count). The average Bonchev–Trinajstić information content (AvgIpc) is 2.14. The van der Waals surface area contributed by atoms with E-state index in [1.165, 1.54) is 7.11 Å². The van der Waals surface area contributed by atoms with Gasteiger partial charge in [-0.1, -0.05) is 0 Å². The molecule has 0 saturated carbocycles. The number of alkyl halides is 3. The highest BCUT2D eigenvalue weighted by Crippen LogP contribution is 2.30. The van der Waals surface area contributed by atoms with E-state index in [-0.39, 0.29) is 11.4 Å². The number of carboxylic acids is 1. The van der Waals surface area contributed by atoms with Crippen molar-refractivity contribution in [3.8, 4) is 5.75 Å². The summed E-state index contributed by atoms with van der Waals surface area (Å²) in [4.78, 5) is 13.6.